The summed E-state index contributed by atoms with van der Waals surface area (Å²) in [5.74, 6) is 2.09. The summed E-state index contributed by atoms with van der Waals surface area (Å²) in [6, 6.07) is 14.1. The topological polar surface area (TPSA) is 77.7 Å². The number of hydrogen-bond acceptors (Lipinski definition) is 6. The van der Waals surface area contributed by atoms with Gasteiger partial charge in [0.2, 0.25) is 11.7 Å². The van der Waals surface area contributed by atoms with E-state index < -0.39 is 0 Å². The van der Waals surface area contributed by atoms with Crippen molar-refractivity contribution in [1.82, 2.24) is 15.0 Å². The molecule has 1 amide bonds. The Kier molecular flexibility index (Phi) is 5.67. The first kappa shape index (κ1) is 19.3. The number of rotatable bonds is 6. The van der Waals surface area contributed by atoms with Gasteiger partial charge >= 0.3 is 0 Å². The number of ether oxygens (including phenoxy) is 2. The maximum atomic E-state index is 12.7. The van der Waals surface area contributed by atoms with Crippen LogP contribution in [0.1, 0.15) is 24.8 Å². The second-order valence-corrected chi connectivity index (χ2v) is 7.11. The fraction of sp³-hybridized carbons (Fsp3) is 0.286. The van der Waals surface area contributed by atoms with Crippen LogP contribution in [0.4, 0.5) is 0 Å². The third kappa shape index (κ3) is 4.35. The van der Waals surface area contributed by atoms with Gasteiger partial charge in [-0.3, -0.25) is 4.79 Å². The summed E-state index contributed by atoms with van der Waals surface area (Å²) >= 11 is 5.87. The quantitative estimate of drug-likeness (QED) is 0.604. The van der Waals surface area contributed by atoms with Crippen molar-refractivity contribution in [3.8, 4) is 22.9 Å². The van der Waals surface area contributed by atoms with E-state index in [9.17, 15) is 4.79 Å². The average Bonchev–Trinajstić information content (AvgIpc) is 3.42. The largest absolute Gasteiger partial charge is 0.497 e. The number of carbonyl (C=O) groups is 1. The molecule has 0 radical (unpaired) electrons. The van der Waals surface area contributed by atoms with Gasteiger partial charge in [0, 0.05) is 17.1 Å². The summed E-state index contributed by atoms with van der Waals surface area (Å²) in [6.45, 7) is 0.569. The van der Waals surface area contributed by atoms with Crippen molar-refractivity contribution in [2.24, 2.45) is 0 Å². The molecule has 0 bridgehead atoms. The van der Waals surface area contributed by atoms with Gasteiger partial charge in [0.15, 0.2) is 6.61 Å². The van der Waals surface area contributed by atoms with Crippen molar-refractivity contribution in [3.05, 3.63) is 59.4 Å². The van der Waals surface area contributed by atoms with Crippen molar-refractivity contribution in [1.29, 1.82) is 0 Å². The minimum Gasteiger partial charge on any atom is -0.497 e. The SMILES string of the molecule is COc1cccc(-c2noc([C@@H]3CCCN3C(=O)COc3ccc(Cl)cc3)n2)c1. The van der Waals surface area contributed by atoms with Crippen LogP contribution in [0.2, 0.25) is 5.02 Å². The molecule has 0 N–H and O–H groups in total. The van der Waals surface area contributed by atoms with Crippen molar-refractivity contribution in [3.63, 3.8) is 0 Å². The van der Waals surface area contributed by atoms with Crippen LogP contribution in [0.5, 0.6) is 11.5 Å². The Labute approximate surface area is 173 Å². The molecule has 2 heterocycles. The van der Waals surface area contributed by atoms with E-state index in [0.29, 0.717) is 34.8 Å². The third-order valence-corrected chi connectivity index (χ3v) is 5.06. The predicted octanol–water partition coefficient (Wildman–Crippen LogP) is 4.14. The molecule has 2 aromatic carbocycles. The van der Waals surface area contributed by atoms with Crippen LogP contribution in [-0.2, 0) is 4.79 Å². The lowest BCUT2D eigenvalue weighted by atomic mass is 10.2. The number of amides is 1. The number of halogens is 1. The highest BCUT2D eigenvalue weighted by atomic mass is 35.5. The lowest BCUT2D eigenvalue weighted by Crippen LogP contribution is -2.34. The summed E-state index contributed by atoms with van der Waals surface area (Å²) < 4.78 is 16.3. The van der Waals surface area contributed by atoms with E-state index in [2.05, 4.69) is 10.1 Å². The van der Waals surface area contributed by atoms with Gasteiger partial charge in [-0.05, 0) is 49.2 Å². The van der Waals surface area contributed by atoms with E-state index in [0.717, 1.165) is 18.4 Å². The van der Waals surface area contributed by atoms with Crippen molar-refractivity contribution < 1.29 is 18.8 Å². The molecule has 4 rings (SSSR count). The number of benzene rings is 2. The molecule has 7 nitrogen and oxygen atoms in total. The van der Waals surface area contributed by atoms with E-state index in [4.69, 9.17) is 25.6 Å². The molecule has 1 aliphatic heterocycles. The molecule has 0 spiro atoms. The molecule has 1 atom stereocenters. The van der Waals surface area contributed by atoms with Gasteiger partial charge in [-0.15, -0.1) is 0 Å². The average molecular weight is 414 g/mol. The van der Waals surface area contributed by atoms with Gasteiger partial charge in [0.1, 0.15) is 17.5 Å². The smallest absolute Gasteiger partial charge is 0.261 e. The number of hydrogen-bond donors (Lipinski definition) is 0. The summed E-state index contributed by atoms with van der Waals surface area (Å²) in [6.07, 6.45) is 1.64. The normalized spacial score (nSPS) is 16.1. The molecule has 1 aromatic heterocycles. The van der Waals surface area contributed by atoms with Crippen LogP contribution in [0, 0.1) is 0 Å². The zero-order valence-electron chi connectivity index (χ0n) is 15.9. The van der Waals surface area contributed by atoms with Gasteiger partial charge < -0.3 is 18.9 Å². The summed E-state index contributed by atoms with van der Waals surface area (Å²) in [4.78, 5) is 18.9. The second-order valence-electron chi connectivity index (χ2n) is 6.68. The van der Waals surface area contributed by atoms with Gasteiger partial charge in [0.25, 0.3) is 5.91 Å². The summed E-state index contributed by atoms with van der Waals surface area (Å²) in [7, 11) is 1.61. The second kappa shape index (κ2) is 8.53. The number of nitrogens with zero attached hydrogens (tertiary/aromatic N) is 3. The maximum Gasteiger partial charge on any atom is 0.261 e. The van der Waals surface area contributed by atoms with Crippen LogP contribution in [0.15, 0.2) is 53.1 Å². The van der Waals surface area contributed by atoms with Crippen LogP contribution in [0.25, 0.3) is 11.4 Å². The van der Waals surface area contributed by atoms with Crippen molar-refractivity contribution in [2.45, 2.75) is 18.9 Å². The lowest BCUT2D eigenvalue weighted by Gasteiger charge is -2.21. The van der Waals surface area contributed by atoms with Crippen LogP contribution >= 0.6 is 11.6 Å². The predicted molar refractivity (Wildman–Crippen MR) is 107 cm³/mol. The van der Waals surface area contributed by atoms with Crippen LogP contribution in [0.3, 0.4) is 0 Å². The molecule has 1 aliphatic rings. The highest BCUT2D eigenvalue weighted by Gasteiger charge is 2.34. The first-order valence-corrected chi connectivity index (χ1v) is 9.68. The Morgan fingerprint density at radius 1 is 1.24 bits per heavy atom. The van der Waals surface area contributed by atoms with E-state index in [1.165, 1.54) is 0 Å². The van der Waals surface area contributed by atoms with Crippen molar-refractivity contribution in [2.75, 3.05) is 20.3 Å². The van der Waals surface area contributed by atoms with Gasteiger partial charge in [-0.1, -0.05) is 28.9 Å². The van der Waals surface area contributed by atoms with Crippen molar-refractivity contribution >= 4 is 17.5 Å². The van der Waals surface area contributed by atoms with Crippen LogP contribution < -0.4 is 9.47 Å². The highest BCUT2D eigenvalue weighted by Crippen LogP contribution is 2.32. The molecule has 0 saturated carbocycles. The monoisotopic (exact) mass is 413 g/mol. The Balaban J connectivity index is 1.44. The molecular formula is C21H20ClN3O4. The number of likely N-dealkylation sites (tertiary alicyclic amines) is 1. The minimum atomic E-state index is -0.247. The number of aromatic nitrogens is 2. The Hall–Kier alpha value is -3.06. The third-order valence-electron chi connectivity index (χ3n) is 4.80. The molecule has 1 saturated heterocycles. The molecule has 0 unspecified atom stereocenters. The molecule has 0 aliphatic carbocycles. The molecule has 8 heteroatoms. The number of carbonyl (C=O) groups excluding carboxylic acids is 1. The first-order chi connectivity index (χ1) is 14.1. The van der Waals surface area contributed by atoms with Gasteiger partial charge in [-0.2, -0.15) is 4.98 Å². The molecule has 29 heavy (non-hydrogen) atoms. The zero-order valence-corrected chi connectivity index (χ0v) is 16.6. The standard InChI is InChI=1S/C21H20ClN3O4/c1-27-17-5-2-4-14(12-17)20-23-21(29-24-20)18-6-3-11-25(18)19(26)13-28-16-9-7-15(22)8-10-16/h2,4-5,7-10,12,18H,3,6,11,13H2,1H3/t18-/m0/s1. The summed E-state index contributed by atoms with van der Waals surface area (Å²) in [5.41, 5.74) is 0.793. The van der Waals surface area contributed by atoms with E-state index in [-0.39, 0.29) is 18.6 Å². The summed E-state index contributed by atoms with van der Waals surface area (Å²) in [5, 5.41) is 4.70. The van der Waals surface area contributed by atoms with E-state index >= 15 is 0 Å². The highest BCUT2D eigenvalue weighted by molar-refractivity contribution is 6.30. The maximum absolute atomic E-state index is 12.7. The first-order valence-electron chi connectivity index (χ1n) is 9.30. The lowest BCUT2D eigenvalue weighted by molar-refractivity contribution is -0.134. The molecule has 150 valence electrons. The molecular weight excluding hydrogens is 394 g/mol. The number of methoxy groups -OCH3 is 1. The Bertz CT molecular complexity index is 990. The van der Waals surface area contributed by atoms with E-state index in [1.54, 1.807) is 36.3 Å². The zero-order chi connectivity index (χ0) is 20.2. The van der Waals surface area contributed by atoms with Crippen LogP contribution in [-0.4, -0.2) is 41.2 Å². The van der Waals surface area contributed by atoms with E-state index in [1.807, 2.05) is 24.3 Å². The Morgan fingerprint density at radius 3 is 2.86 bits per heavy atom. The van der Waals surface area contributed by atoms with Gasteiger partial charge in [0.05, 0.1) is 7.11 Å². The van der Waals surface area contributed by atoms with Gasteiger partial charge in [-0.25, -0.2) is 0 Å². The Morgan fingerprint density at radius 2 is 2.07 bits per heavy atom. The minimum absolute atomic E-state index is 0.0605. The molecule has 1 fully saturated rings. The fourth-order valence-electron chi connectivity index (χ4n) is 3.33. The fourth-order valence-corrected chi connectivity index (χ4v) is 3.46. The molecule has 3 aromatic rings.